The highest BCUT2D eigenvalue weighted by Gasteiger charge is 1.93. The van der Waals surface area contributed by atoms with Crippen LogP contribution in [0.4, 0.5) is 5.82 Å². The van der Waals surface area contributed by atoms with Crippen molar-refractivity contribution in [2.45, 2.75) is 19.8 Å². The largest absolute Gasteiger partial charge is 0.370 e. The molecular weight excluding hydrogens is 164 g/mol. The molecule has 0 bridgehead atoms. The van der Waals surface area contributed by atoms with Crippen LogP contribution in [0.15, 0.2) is 12.4 Å². The molecule has 0 aromatic carbocycles. The van der Waals surface area contributed by atoms with E-state index in [9.17, 15) is 0 Å². The summed E-state index contributed by atoms with van der Waals surface area (Å²) in [5, 5.41) is 11.4. The number of nitrogens with zero attached hydrogens (tertiary/aromatic N) is 3. The molecule has 0 aliphatic heterocycles. The fourth-order valence-electron chi connectivity index (χ4n) is 0.935. The van der Waals surface area contributed by atoms with Crippen LogP contribution in [0.25, 0.3) is 0 Å². The van der Waals surface area contributed by atoms with Gasteiger partial charge in [0.1, 0.15) is 12.1 Å². The number of hydrogen-bond donors (Lipinski definition) is 1. The molecule has 1 rings (SSSR count). The van der Waals surface area contributed by atoms with Crippen LogP contribution in [0.5, 0.6) is 0 Å². The van der Waals surface area contributed by atoms with E-state index in [1.807, 2.05) is 13.0 Å². The number of nitrogens with one attached hydrogen (secondary N) is 1. The molecule has 4 heteroatoms. The maximum atomic E-state index is 8.30. The fourth-order valence-corrected chi connectivity index (χ4v) is 0.935. The van der Waals surface area contributed by atoms with Crippen LogP contribution in [0.2, 0.25) is 0 Å². The van der Waals surface area contributed by atoms with Crippen molar-refractivity contribution in [1.82, 2.24) is 9.97 Å². The molecule has 0 saturated carbocycles. The zero-order valence-corrected chi connectivity index (χ0v) is 7.62. The number of rotatable bonds is 4. The summed E-state index contributed by atoms with van der Waals surface area (Å²) in [4.78, 5) is 8.01. The monoisotopic (exact) mass is 176 g/mol. The van der Waals surface area contributed by atoms with Gasteiger partial charge in [-0.05, 0) is 13.3 Å². The summed E-state index contributed by atoms with van der Waals surface area (Å²) in [7, 11) is 0. The van der Waals surface area contributed by atoms with Gasteiger partial charge in [0.15, 0.2) is 0 Å². The Morgan fingerprint density at radius 1 is 1.54 bits per heavy atom. The number of unbranched alkanes of at least 4 members (excludes halogenated alkanes) is 1. The number of hydrogen-bond acceptors (Lipinski definition) is 4. The molecule has 4 nitrogen and oxygen atoms in total. The van der Waals surface area contributed by atoms with Gasteiger partial charge in [-0.25, -0.2) is 9.97 Å². The summed E-state index contributed by atoms with van der Waals surface area (Å²) >= 11 is 0. The average molecular weight is 176 g/mol. The predicted molar refractivity (Wildman–Crippen MR) is 50.1 cm³/mol. The molecule has 1 aromatic rings. The van der Waals surface area contributed by atoms with Gasteiger partial charge in [0.05, 0.1) is 6.07 Å². The Balaban J connectivity index is 2.33. The first-order valence-corrected chi connectivity index (χ1v) is 4.22. The molecule has 0 aliphatic rings. The van der Waals surface area contributed by atoms with E-state index in [-0.39, 0.29) is 0 Å². The van der Waals surface area contributed by atoms with Crippen LogP contribution < -0.4 is 5.32 Å². The lowest BCUT2D eigenvalue weighted by Crippen LogP contribution is -2.03. The third-order valence-corrected chi connectivity index (χ3v) is 1.58. The van der Waals surface area contributed by atoms with Crippen molar-refractivity contribution in [2.24, 2.45) is 0 Å². The van der Waals surface area contributed by atoms with Crippen molar-refractivity contribution in [2.75, 3.05) is 11.9 Å². The Bertz CT molecular complexity index is 303. The summed E-state index contributed by atoms with van der Waals surface area (Å²) in [5.41, 5.74) is 0.942. The number of anilines is 1. The van der Waals surface area contributed by atoms with Gasteiger partial charge >= 0.3 is 0 Å². The van der Waals surface area contributed by atoms with E-state index >= 15 is 0 Å². The molecule has 0 atom stereocenters. The molecule has 0 unspecified atom stereocenters. The lowest BCUT2D eigenvalue weighted by Gasteiger charge is -2.03. The number of aromatic nitrogens is 2. The molecule has 68 valence electrons. The Labute approximate surface area is 77.6 Å². The second-order valence-corrected chi connectivity index (χ2v) is 2.73. The highest BCUT2D eigenvalue weighted by atomic mass is 15.0. The van der Waals surface area contributed by atoms with E-state index in [1.165, 1.54) is 6.33 Å². The second-order valence-electron chi connectivity index (χ2n) is 2.73. The lowest BCUT2D eigenvalue weighted by molar-refractivity contribution is 0.889. The van der Waals surface area contributed by atoms with Gasteiger partial charge in [-0.15, -0.1) is 0 Å². The average Bonchev–Trinajstić information content (AvgIpc) is 2.13. The predicted octanol–water partition coefficient (Wildman–Crippen LogP) is 1.50. The van der Waals surface area contributed by atoms with Gasteiger partial charge in [-0.2, -0.15) is 5.26 Å². The van der Waals surface area contributed by atoms with Gasteiger partial charge in [0, 0.05) is 24.7 Å². The van der Waals surface area contributed by atoms with Gasteiger partial charge in [-0.1, -0.05) is 0 Å². The zero-order chi connectivity index (χ0) is 9.52. The first kappa shape index (κ1) is 9.46. The summed E-state index contributed by atoms with van der Waals surface area (Å²) in [6, 6.07) is 3.97. The second kappa shape index (κ2) is 5.09. The maximum Gasteiger partial charge on any atom is 0.129 e. The first-order chi connectivity index (χ1) is 6.33. The Kier molecular flexibility index (Phi) is 3.71. The van der Waals surface area contributed by atoms with Crippen LogP contribution in [0.1, 0.15) is 18.5 Å². The third-order valence-electron chi connectivity index (χ3n) is 1.58. The van der Waals surface area contributed by atoms with E-state index in [1.54, 1.807) is 0 Å². The molecule has 0 aliphatic carbocycles. The Morgan fingerprint density at radius 2 is 2.38 bits per heavy atom. The molecule has 1 aromatic heterocycles. The zero-order valence-electron chi connectivity index (χ0n) is 7.62. The minimum Gasteiger partial charge on any atom is -0.370 e. The van der Waals surface area contributed by atoms with E-state index in [4.69, 9.17) is 5.26 Å². The van der Waals surface area contributed by atoms with Crippen molar-refractivity contribution in [3.8, 4) is 6.07 Å². The number of nitriles is 1. The fraction of sp³-hybridized carbons (Fsp3) is 0.444. The molecule has 0 saturated heterocycles. The van der Waals surface area contributed by atoms with Gasteiger partial charge in [0.2, 0.25) is 0 Å². The van der Waals surface area contributed by atoms with Crippen molar-refractivity contribution >= 4 is 5.82 Å². The highest BCUT2D eigenvalue weighted by Crippen LogP contribution is 2.02. The van der Waals surface area contributed by atoms with E-state index in [2.05, 4.69) is 21.4 Å². The van der Waals surface area contributed by atoms with Crippen LogP contribution in [0.3, 0.4) is 0 Å². The van der Waals surface area contributed by atoms with Crippen molar-refractivity contribution in [1.29, 1.82) is 5.26 Å². The minimum absolute atomic E-state index is 0.580. The molecular formula is C9H12N4. The summed E-state index contributed by atoms with van der Waals surface area (Å²) in [5.74, 6) is 0.824. The van der Waals surface area contributed by atoms with E-state index < -0.39 is 0 Å². The molecule has 0 radical (unpaired) electrons. The normalized spacial score (nSPS) is 9.23. The molecule has 1 N–H and O–H groups in total. The van der Waals surface area contributed by atoms with E-state index in [0.717, 1.165) is 24.5 Å². The summed E-state index contributed by atoms with van der Waals surface area (Å²) in [6.07, 6.45) is 2.96. The van der Waals surface area contributed by atoms with Gasteiger partial charge in [-0.3, -0.25) is 0 Å². The summed E-state index contributed by atoms with van der Waals surface area (Å²) < 4.78 is 0. The number of aryl methyl sites for hydroxylation is 1. The van der Waals surface area contributed by atoms with Crippen molar-refractivity contribution in [3.05, 3.63) is 18.1 Å². The lowest BCUT2D eigenvalue weighted by atomic mass is 10.3. The first-order valence-electron chi connectivity index (χ1n) is 4.22. The standard InChI is InChI=1S/C9H12N4/c1-8-6-9(13-7-12-8)11-5-3-2-4-10/h6-7H,2-3,5H2,1H3,(H,11,12,13). The quantitative estimate of drug-likeness (QED) is 0.706. The SMILES string of the molecule is Cc1cc(NCCCC#N)ncn1. The highest BCUT2D eigenvalue weighted by molar-refractivity contribution is 5.34. The molecule has 0 spiro atoms. The van der Waals surface area contributed by atoms with Crippen molar-refractivity contribution < 1.29 is 0 Å². The van der Waals surface area contributed by atoms with Gasteiger partial charge < -0.3 is 5.32 Å². The maximum absolute atomic E-state index is 8.30. The molecule has 1 heterocycles. The smallest absolute Gasteiger partial charge is 0.129 e. The van der Waals surface area contributed by atoms with Crippen LogP contribution in [0, 0.1) is 18.3 Å². The topological polar surface area (TPSA) is 61.6 Å². The van der Waals surface area contributed by atoms with Gasteiger partial charge in [0.25, 0.3) is 0 Å². The summed E-state index contributed by atoms with van der Waals surface area (Å²) in [6.45, 7) is 2.70. The minimum atomic E-state index is 0.580. The van der Waals surface area contributed by atoms with Crippen LogP contribution in [-0.2, 0) is 0 Å². The van der Waals surface area contributed by atoms with Crippen molar-refractivity contribution in [3.63, 3.8) is 0 Å². The van der Waals surface area contributed by atoms with Crippen LogP contribution >= 0.6 is 0 Å². The molecule has 0 amide bonds. The third kappa shape index (κ3) is 3.52. The molecule has 0 fully saturated rings. The Morgan fingerprint density at radius 3 is 3.08 bits per heavy atom. The molecule has 13 heavy (non-hydrogen) atoms. The Hall–Kier alpha value is -1.63. The van der Waals surface area contributed by atoms with E-state index in [0.29, 0.717) is 6.42 Å². The van der Waals surface area contributed by atoms with Crippen LogP contribution in [-0.4, -0.2) is 16.5 Å².